The Morgan fingerprint density at radius 2 is 1.57 bits per heavy atom. The minimum Gasteiger partial charge on any atom is -0.348 e. The van der Waals surface area contributed by atoms with E-state index in [9.17, 15) is 26.4 Å². The Bertz CT molecular complexity index is 922. The first-order valence-electron chi connectivity index (χ1n) is 8.45. The molecule has 5 nitrogen and oxygen atoms in total. The lowest BCUT2D eigenvalue weighted by atomic mass is 10.1. The number of hydrogen-bond donors (Lipinski definition) is 1. The SMILES string of the molecule is CC(C)N(C)S(=O)(=O)c1ccc(C(=O)NCc2ccc(C(F)(F)F)cc2)cc1. The zero-order valence-corrected chi connectivity index (χ0v) is 16.4. The molecule has 9 heteroatoms. The number of benzene rings is 2. The molecule has 0 aliphatic heterocycles. The van der Waals surface area contributed by atoms with Gasteiger partial charge in [0, 0.05) is 25.2 Å². The van der Waals surface area contributed by atoms with E-state index in [2.05, 4.69) is 5.32 Å². The van der Waals surface area contributed by atoms with Crippen molar-refractivity contribution in [3.8, 4) is 0 Å². The number of sulfonamides is 1. The van der Waals surface area contributed by atoms with Crippen molar-refractivity contribution in [2.75, 3.05) is 7.05 Å². The standard InChI is InChI=1S/C19H21F3N2O3S/c1-13(2)24(3)28(26,27)17-10-6-15(7-11-17)18(25)23-12-14-4-8-16(9-5-14)19(20,21)22/h4-11,13H,12H2,1-3H3,(H,23,25). The highest BCUT2D eigenvalue weighted by Gasteiger charge is 2.30. The molecule has 0 fully saturated rings. The van der Waals surface area contributed by atoms with Gasteiger partial charge in [-0.2, -0.15) is 17.5 Å². The summed E-state index contributed by atoms with van der Waals surface area (Å²) in [6, 6.07) is 9.76. The van der Waals surface area contributed by atoms with Crippen LogP contribution in [0.1, 0.15) is 35.3 Å². The highest BCUT2D eigenvalue weighted by molar-refractivity contribution is 7.89. The second-order valence-corrected chi connectivity index (χ2v) is 8.51. The average Bonchev–Trinajstić information content (AvgIpc) is 2.65. The van der Waals surface area contributed by atoms with E-state index in [1.165, 1.54) is 47.8 Å². The van der Waals surface area contributed by atoms with Crippen LogP contribution >= 0.6 is 0 Å². The van der Waals surface area contributed by atoms with E-state index in [1.54, 1.807) is 13.8 Å². The summed E-state index contributed by atoms with van der Waals surface area (Å²) < 4.78 is 63.7. The van der Waals surface area contributed by atoms with Gasteiger partial charge in [0.15, 0.2) is 0 Å². The van der Waals surface area contributed by atoms with Gasteiger partial charge in [-0.05, 0) is 55.8 Å². The van der Waals surface area contributed by atoms with Crippen molar-refractivity contribution in [3.63, 3.8) is 0 Å². The van der Waals surface area contributed by atoms with Crippen LogP contribution in [0.2, 0.25) is 0 Å². The molecule has 0 aliphatic carbocycles. The minimum absolute atomic E-state index is 0.0487. The van der Waals surface area contributed by atoms with E-state index in [0.717, 1.165) is 12.1 Å². The molecule has 2 aromatic carbocycles. The predicted octanol–water partition coefficient (Wildman–Crippen LogP) is 3.66. The van der Waals surface area contributed by atoms with Gasteiger partial charge in [-0.3, -0.25) is 4.79 Å². The quantitative estimate of drug-likeness (QED) is 0.785. The third kappa shape index (κ3) is 5.11. The van der Waals surface area contributed by atoms with Crippen molar-refractivity contribution < 1.29 is 26.4 Å². The summed E-state index contributed by atoms with van der Waals surface area (Å²) in [6.45, 7) is 3.55. The van der Waals surface area contributed by atoms with Crippen molar-refractivity contribution in [1.29, 1.82) is 0 Å². The number of hydrogen-bond acceptors (Lipinski definition) is 3. The number of halogens is 3. The van der Waals surface area contributed by atoms with E-state index < -0.39 is 27.7 Å². The Morgan fingerprint density at radius 1 is 1.04 bits per heavy atom. The van der Waals surface area contributed by atoms with E-state index in [4.69, 9.17) is 0 Å². The molecule has 28 heavy (non-hydrogen) atoms. The van der Waals surface area contributed by atoms with E-state index in [1.807, 2.05) is 0 Å². The Balaban J connectivity index is 2.04. The molecule has 0 unspecified atom stereocenters. The average molecular weight is 414 g/mol. The van der Waals surface area contributed by atoms with Crippen molar-refractivity contribution in [2.24, 2.45) is 0 Å². The second-order valence-electron chi connectivity index (χ2n) is 6.52. The molecule has 0 bridgehead atoms. The maximum absolute atomic E-state index is 12.5. The lowest BCUT2D eigenvalue weighted by Crippen LogP contribution is -2.33. The van der Waals surface area contributed by atoms with Crippen LogP contribution in [0.25, 0.3) is 0 Å². The van der Waals surface area contributed by atoms with Crippen molar-refractivity contribution in [3.05, 3.63) is 65.2 Å². The van der Waals surface area contributed by atoms with E-state index in [-0.39, 0.29) is 23.0 Å². The Labute approximate surface area is 162 Å². The molecular weight excluding hydrogens is 393 g/mol. The Hall–Kier alpha value is -2.39. The van der Waals surface area contributed by atoms with E-state index >= 15 is 0 Å². The summed E-state index contributed by atoms with van der Waals surface area (Å²) >= 11 is 0. The molecule has 0 heterocycles. The van der Waals surface area contributed by atoms with Crippen molar-refractivity contribution in [2.45, 2.75) is 37.5 Å². The van der Waals surface area contributed by atoms with Crippen LogP contribution < -0.4 is 5.32 Å². The van der Waals surface area contributed by atoms with Gasteiger partial charge in [0.1, 0.15) is 0 Å². The van der Waals surface area contributed by atoms with E-state index in [0.29, 0.717) is 5.56 Å². The van der Waals surface area contributed by atoms with Gasteiger partial charge in [-0.25, -0.2) is 8.42 Å². The van der Waals surface area contributed by atoms with Gasteiger partial charge in [0.25, 0.3) is 5.91 Å². The smallest absolute Gasteiger partial charge is 0.348 e. The topological polar surface area (TPSA) is 66.5 Å². The summed E-state index contributed by atoms with van der Waals surface area (Å²) in [5, 5.41) is 2.59. The summed E-state index contributed by atoms with van der Waals surface area (Å²) in [5.74, 6) is -0.457. The lowest BCUT2D eigenvalue weighted by Gasteiger charge is -2.21. The summed E-state index contributed by atoms with van der Waals surface area (Å²) in [6.07, 6.45) is -4.41. The maximum Gasteiger partial charge on any atom is 0.416 e. The molecular formula is C19H21F3N2O3S. The molecule has 0 radical (unpaired) electrons. The number of nitrogens with one attached hydrogen (secondary N) is 1. The first-order valence-corrected chi connectivity index (χ1v) is 9.89. The maximum atomic E-state index is 12.5. The Morgan fingerprint density at radius 3 is 2.04 bits per heavy atom. The number of carbonyl (C=O) groups is 1. The van der Waals surface area contributed by atoms with Gasteiger partial charge in [0.05, 0.1) is 10.5 Å². The molecule has 0 saturated heterocycles. The molecule has 0 aromatic heterocycles. The van der Waals surface area contributed by atoms with Crippen LogP contribution in [-0.4, -0.2) is 31.7 Å². The van der Waals surface area contributed by atoms with Gasteiger partial charge >= 0.3 is 6.18 Å². The van der Waals surface area contributed by atoms with Gasteiger partial charge in [0.2, 0.25) is 10.0 Å². The fourth-order valence-electron chi connectivity index (χ4n) is 2.32. The first-order chi connectivity index (χ1) is 12.9. The van der Waals surface area contributed by atoms with Crippen LogP contribution in [0.5, 0.6) is 0 Å². The molecule has 1 N–H and O–H groups in total. The van der Waals surface area contributed by atoms with Gasteiger partial charge in [-0.1, -0.05) is 12.1 Å². The summed E-state index contributed by atoms with van der Waals surface area (Å²) in [7, 11) is -2.17. The normalized spacial score (nSPS) is 12.4. The van der Waals surface area contributed by atoms with Crippen LogP contribution in [0.3, 0.4) is 0 Å². The van der Waals surface area contributed by atoms with Crippen LogP contribution in [0.15, 0.2) is 53.4 Å². The highest BCUT2D eigenvalue weighted by Crippen LogP contribution is 2.29. The monoisotopic (exact) mass is 414 g/mol. The molecule has 2 rings (SSSR count). The van der Waals surface area contributed by atoms with Gasteiger partial charge < -0.3 is 5.32 Å². The zero-order chi connectivity index (χ0) is 21.1. The number of carbonyl (C=O) groups excluding carboxylic acids is 1. The van der Waals surface area contributed by atoms with Crippen LogP contribution in [0.4, 0.5) is 13.2 Å². The van der Waals surface area contributed by atoms with Crippen LogP contribution in [-0.2, 0) is 22.7 Å². The van der Waals surface area contributed by atoms with Crippen molar-refractivity contribution in [1.82, 2.24) is 9.62 Å². The minimum atomic E-state index is -4.41. The molecule has 0 spiro atoms. The molecule has 0 saturated carbocycles. The molecule has 152 valence electrons. The highest BCUT2D eigenvalue weighted by atomic mass is 32.2. The number of nitrogens with zero attached hydrogens (tertiary/aromatic N) is 1. The lowest BCUT2D eigenvalue weighted by molar-refractivity contribution is -0.137. The summed E-state index contributed by atoms with van der Waals surface area (Å²) in [4.78, 5) is 12.3. The third-order valence-corrected chi connectivity index (χ3v) is 6.30. The molecule has 1 amide bonds. The third-order valence-electron chi connectivity index (χ3n) is 4.26. The largest absolute Gasteiger partial charge is 0.416 e. The molecule has 2 aromatic rings. The number of rotatable bonds is 6. The number of amides is 1. The summed E-state index contributed by atoms with van der Waals surface area (Å²) in [5.41, 5.74) is 0.00269. The number of alkyl halides is 3. The Kier molecular flexibility index (Phi) is 6.51. The fraction of sp³-hybridized carbons (Fsp3) is 0.316. The predicted molar refractivity (Wildman–Crippen MR) is 99.1 cm³/mol. The molecule has 0 atom stereocenters. The van der Waals surface area contributed by atoms with Crippen molar-refractivity contribution >= 4 is 15.9 Å². The first kappa shape index (κ1) is 21.9. The molecule has 0 aliphatic rings. The van der Waals surface area contributed by atoms with Gasteiger partial charge in [-0.15, -0.1) is 0 Å². The fourth-order valence-corrected chi connectivity index (χ4v) is 3.69. The van der Waals surface area contributed by atoms with Crippen LogP contribution in [0, 0.1) is 0 Å². The second kappa shape index (κ2) is 8.32. The zero-order valence-electron chi connectivity index (χ0n) is 15.6.